The monoisotopic (exact) mass is 183 g/mol. The van der Waals surface area contributed by atoms with Gasteiger partial charge in [-0.3, -0.25) is 4.99 Å². The number of aliphatic imine (C=N–C) groups is 1. The number of nitrogens with zero attached hydrogens (tertiary/aromatic N) is 3. The Morgan fingerprint density at radius 3 is 2.29 bits per heavy atom. The zero-order valence-electron chi connectivity index (χ0n) is 7.81. The van der Waals surface area contributed by atoms with Gasteiger partial charge in [0.05, 0.1) is 17.8 Å². The van der Waals surface area contributed by atoms with Crippen molar-refractivity contribution in [1.82, 2.24) is 0 Å². The number of rotatable bonds is 2. The van der Waals surface area contributed by atoms with Gasteiger partial charge in [-0.1, -0.05) is 18.2 Å². The van der Waals surface area contributed by atoms with Gasteiger partial charge < -0.3 is 0 Å². The smallest absolute Gasteiger partial charge is 0.170 e. The SMILES string of the molecule is CC(=Nc1ccccc1)C(C#N)C#N. The minimum absolute atomic E-state index is 0.529. The van der Waals surface area contributed by atoms with Gasteiger partial charge in [-0.2, -0.15) is 10.5 Å². The molecule has 0 N–H and O–H groups in total. The van der Waals surface area contributed by atoms with E-state index >= 15 is 0 Å². The van der Waals surface area contributed by atoms with Gasteiger partial charge in [0.25, 0.3) is 0 Å². The maximum atomic E-state index is 8.62. The quantitative estimate of drug-likeness (QED) is 0.661. The van der Waals surface area contributed by atoms with Crippen LogP contribution in [0.3, 0.4) is 0 Å². The number of para-hydroxylation sites is 1. The van der Waals surface area contributed by atoms with Crippen LogP contribution in [-0.4, -0.2) is 5.71 Å². The normalized spacial score (nSPS) is 10.7. The molecule has 0 spiro atoms. The number of nitriles is 2. The Hall–Kier alpha value is -2.13. The molecule has 1 aromatic rings. The van der Waals surface area contributed by atoms with Crippen LogP contribution >= 0.6 is 0 Å². The van der Waals surface area contributed by atoms with Gasteiger partial charge in [0.2, 0.25) is 0 Å². The van der Waals surface area contributed by atoms with Crippen LogP contribution in [0.25, 0.3) is 0 Å². The zero-order valence-corrected chi connectivity index (χ0v) is 7.81. The fourth-order valence-corrected chi connectivity index (χ4v) is 0.986. The summed E-state index contributed by atoms with van der Waals surface area (Å²) in [7, 11) is 0. The van der Waals surface area contributed by atoms with E-state index in [0.717, 1.165) is 5.69 Å². The molecule has 0 atom stereocenters. The van der Waals surface area contributed by atoms with E-state index in [0.29, 0.717) is 5.71 Å². The molecule has 0 bridgehead atoms. The summed E-state index contributed by atoms with van der Waals surface area (Å²) < 4.78 is 0. The molecule has 0 aromatic heterocycles. The topological polar surface area (TPSA) is 59.9 Å². The maximum Gasteiger partial charge on any atom is 0.170 e. The van der Waals surface area contributed by atoms with Crippen LogP contribution in [0, 0.1) is 28.6 Å². The van der Waals surface area contributed by atoms with Gasteiger partial charge in [0.15, 0.2) is 5.92 Å². The highest BCUT2D eigenvalue weighted by Gasteiger charge is 2.08. The third kappa shape index (κ3) is 2.43. The van der Waals surface area contributed by atoms with Crippen molar-refractivity contribution in [2.24, 2.45) is 10.9 Å². The van der Waals surface area contributed by atoms with Crippen LogP contribution in [0.1, 0.15) is 6.92 Å². The first-order valence-corrected chi connectivity index (χ1v) is 4.17. The molecule has 1 aromatic carbocycles. The molecule has 0 saturated carbocycles. The van der Waals surface area contributed by atoms with Crippen LogP contribution in [0.15, 0.2) is 35.3 Å². The molecule has 3 heteroatoms. The average molecular weight is 183 g/mol. The van der Waals surface area contributed by atoms with Crippen LogP contribution in [0.4, 0.5) is 5.69 Å². The summed E-state index contributed by atoms with van der Waals surface area (Å²) in [6, 6.07) is 13.0. The van der Waals surface area contributed by atoms with Gasteiger partial charge in [-0.25, -0.2) is 0 Å². The molecule has 3 nitrogen and oxygen atoms in total. The van der Waals surface area contributed by atoms with Crippen molar-refractivity contribution in [1.29, 1.82) is 10.5 Å². The summed E-state index contributed by atoms with van der Waals surface area (Å²) in [6.45, 7) is 1.68. The molecule has 0 aliphatic heterocycles. The summed E-state index contributed by atoms with van der Waals surface area (Å²) in [5.74, 6) is -0.754. The third-order valence-electron chi connectivity index (χ3n) is 1.74. The predicted octanol–water partition coefficient (Wildman–Crippen LogP) is 2.44. The van der Waals surface area contributed by atoms with E-state index in [9.17, 15) is 0 Å². The van der Waals surface area contributed by atoms with Gasteiger partial charge >= 0.3 is 0 Å². The first kappa shape index (κ1) is 9.95. The molecule has 0 fully saturated rings. The Morgan fingerprint density at radius 2 is 1.79 bits per heavy atom. The van der Waals surface area contributed by atoms with E-state index in [-0.39, 0.29) is 0 Å². The second-order valence-electron chi connectivity index (χ2n) is 2.78. The molecular formula is C11H9N3. The summed E-state index contributed by atoms with van der Waals surface area (Å²) in [4.78, 5) is 4.17. The van der Waals surface area contributed by atoms with Gasteiger partial charge in [-0.05, 0) is 19.1 Å². The van der Waals surface area contributed by atoms with Gasteiger partial charge in [0.1, 0.15) is 0 Å². The van der Waals surface area contributed by atoms with Crippen molar-refractivity contribution < 1.29 is 0 Å². The van der Waals surface area contributed by atoms with Crippen molar-refractivity contribution in [2.75, 3.05) is 0 Å². The zero-order chi connectivity index (χ0) is 10.4. The molecule has 0 radical (unpaired) electrons. The van der Waals surface area contributed by atoms with Crippen LogP contribution in [0.5, 0.6) is 0 Å². The molecule has 0 amide bonds. The molecule has 1 rings (SSSR count). The third-order valence-corrected chi connectivity index (χ3v) is 1.74. The van der Waals surface area contributed by atoms with Gasteiger partial charge in [0, 0.05) is 5.71 Å². The Kier molecular flexibility index (Phi) is 3.41. The second kappa shape index (κ2) is 4.79. The van der Waals surface area contributed by atoms with E-state index in [1.54, 1.807) is 6.92 Å². The molecule has 14 heavy (non-hydrogen) atoms. The lowest BCUT2D eigenvalue weighted by molar-refractivity contribution is 1.13. The van der Waals surface area contributed by atoms with E-state index in [4.69, 9.17) is 10.5 Å². The number of benzene rings is 1. The predicted molar refractivity (Wildman–Crippen MR) is 53.9 cm³/mol. The van der Waals surface area contributed by atoms with Crippen molar-refractivity contribution in [2.45, 2.75) is 6.92 Å². The summed E-state index contributed by atoms with van der Waals surface area (Å²) in [6.07, 6.45) is 0. The highest BCUT2D eigenvalue weighted by molar-refractivity contribution is 5.90. The van der Waals surface area contributed by atoms with Crippen molar-refractivity contribution >= 4 is 11.4 Å². The summed E-state index contributed by atoms with van der Waals surface area (Å²) in [5, 5.41) is 17.2. The number of hydrogen-bond donors (Lipinski definition) is 0. The second-order valence-corrected chi connectivity index (χ2v) is 2.78. The van der Waals surface area contributed by atoms with Crippen molar-refractivity contribution in [3.63, 3.8) is 0 Å². The van der Waals surface area contributed by atoms with E-state index in [2.05, 4.69) is 4.99 Å². The fraction of sp³-hybridized carbons (Fsp3) is 0.182. The summed E-state index contributed by atoms with van der Waals surface area (Å²) >= 11 is 0. The Labute approximate surface area is 82.9 Å². The highest BCUT2D eigenvalue weighted by Crippen LogP contribution is 2.12. The molecule has 68 valence electrons. The highest BCUT2D eigenvalue weighted by atomic mass is 14.7. The van der Waals surface area contributed by atoms with Crippen molar-refractivity contribution in [3.05, 3.63) is 30.3 Å². The van der Waals surface area contributed by atoms with Crippen LogP contribution < -0.4 is 0 Å². The first-order chi connectivity index (χ1) is 6.77. The standard InChI is InChI=1S/C11H9N3/c1-9(10(7-12)8-13)14-11-5-3-2-4-6-11/h2-6,10H,1H3. The lowest BCUT2D eigenvalue weighted by Gasteiger charge is -1.98. The molecule has 0 unspecified atom stereocenters. The van der Waals surface area contributed by atoms with Crippen molar-refractivity contribution in [3.8, 4) is 12.1 Å². The minimum atomic E-state index is -0.754. The lowest BCUT2D eigenvalue weighted by Crippen LogP contribution is -2.05. The molecule has 0 aliphatic carbocycles. The molecule has 0 saturated heterocycles. The van der Waals surface area contributed by atoms with Crippen LogP contribution in [-0.2, 0) is 0 Å². The van der Waals surface area contributed by atoms with E-state index in [1.807, 2.05) is 42.5 Å². The first-order valence-electron chi connectivity index (χ1n) is 4.17. The lowest BCUT2D eigenvalue weighted by atomic mass is 10.1. The number of hydrogen-bond acceptors (Lipinski definition) is 3. The Morgan fingerprint density at radius 1 is 1.21 bits per heavy atom. The molecular weight excluding hydrogens is 174 g/mol. The van der Waals surface area contributed by atoms with Gasteiger partial charge in [-0.15, -0.1) is 0 Å². The molecule has 0 heterocycles. The Balaban J connectivity index is 2.91. The fourth-order valence-electron chi connectivity index (χ4n) is 0.986. The summed E-state index contributed by atoms with van der Waals surface area (Å²) in [5.41, 5.74) is 1.29. The minimum Gasteiger partial charge on any atom is -0.256 e. The maximum absolute atomic E-state index is 8.62. The Bertz CT molecular complexity index is 392. The van der Waals surface area contributed by atoms with E-state index < -0.39 is 5.92 Å². The largest absolute Gasteiger partial charge is 0.256 e. The molecule has 0 aliphatic rings. The van der Waals surface area contributed by atoms with E-state index in [1.165, 1.54) is 0 Å². The average Bonchev–Trinajstić information content (AvgIpc) is 2.21. The van der Waals surface area contributed by atoms with Crippen LogP contribution in [0.2, 0.25) is 0 Å².